The van der Waals surface area contributed by atoms with Crippen molar-refractivity contribution in [1.82, 2.24) is 4.98 Å². The van der Waals surface area contributed by atoms with Gasteiger partial charge >= 0.3 is 0 Å². The Morgan fingerprint density at radius 3 is 2.26 bits per heavy atom. The van der Waals surface area contributed by atoms with E-state index in [4.69, 9.17) is 14.5 Å². The van der Waals surface area contributed by atoms with Crippen molar-refractivity contribution < 1.29 is 34.4 Å². The number of aromatic nitrogens is 1. The van der Waals surface area contributed by atoms with E-state index in [-0.39, 0.29) is 47.9 Å². The number of carbonyl (C=O) groups is 1. The van der Waals surface area contributed by atoms with Gasteiger partial charge in [0.25, 0.3) is 0 Å². The first-order valence-electron chi connectivity index (χ1n) is 16.2. The average molecular weight is 803 g/mol. The third-order valence-electron chi connectivity index (χ3n) is 9.56. The van der Waals surface area contributed by atoms with E-state index in [1.54, 1.807) is 0 Å². The van der Waals surface area contributed by atoms with E-state index < -0.39 is 0 Å². The standard InChI is InChI=1S/C37H36NO.C5H8O2.Ir/c1-35(2,3)30-19-24(18-22-10-8-9-11-25(22)30)33-27-21-28-26-12-13-29-32(37(6,7)16-15-36(29,4)5)34(26)39-31(28)20-23(27)14-17-38-33;1-4(6)3-5(2)7;/h8-14,17,19-21H,15-16H2,1-7H3;3,6H,1-2H3;/q-1;;/b;4-3-;. The maximum absolute atomic E-state index is 10.0. The van der Waals surface area contributed by atoms with Crippen LogP contribution in [0.1, 0.15) is 91.8 Å². The fraction of sp³-hybridized carbons (Fsp3) is 0.333. The number of hydrogen-bond donors (Lipinski definition) is 1. The number of carbonyl (C=O) groups excluding carboxylic acids is 1. The van der Waals surface area contributed by atoms with Gasteiger partial charge in [0.15, 0.2) is 5.78 Å². The largest absolute Gasteiger partial charge is 0.512 e. The normalized spacial score (nSPS) is 15.6. The molecule has 0 spiro atoms. The molecule has 6 aromatic rings. The molecule has 0 saturated heterocycles. The van der Waals surface area contributed by atoms with Crippen LogP contribution < -0.4 is 0 Å². The minimum atomic E-state index is -0.125. The molecule has 1 radical (unpaired) electrons. The summed E-state index contributed by atoms with van der Waals surface area (Å²) in [6.45, 7) is 19.2. The van der Waals surface area contributed by atoms with Gasteiger partial charge in [-0.15, -0.1) is 29.1 Å². The molecule has 47 heavy (non-hydrogen) atoms. The van der Waals surface area contributed by atoms with Crippen LogP contribution in [-0.4, -0.2) is 15.9 Å². The van der Waals surface area contributed by atoms with E-state index in [0.717, 1.165) is 50.4 Å². The molecule has 1 N–H and O–H groups in total. The van der Waals surface area contributed by atoms with Crippen molar-refractivity contribution in [2.45, 2.75) is 91.4 Å². The van der Waals surface area contributed by atoms with Gasteiger partial charge in [-0.05, 0) is 77.5 Å². The molecule has 2 aromatic heterocycles. The second-order valence-electron chi connectivity index (χ2n) is 15.3. The molecule has 2 heterocycles. The number of rotatable bonds is 2. The summed E-state index contributed by atoms with van der Waals surface area (Å²) in [5.41, 5.74) is 8.36. The number of ketones is 1. The summed E-state index contributed by atoms with van der Waals surface area (Å²) in [6.07, 6.45) is 5.43. The Morgan fingerprint density at radius 1 is 0.894 bits per heavy atom. The maximum Gasteiger partial charge on any atom is 0.155 e. The smallest absolute Gasteiger partial charge is 0.155 e. The number of hydrogen-bond acceptors (Lipinski definition) is 4. The third-order valence-corrected chi connectivity index (χ3v) is 9.56. The van der Waals surface area contributed by atoms with Gasteiger partial charge < -0.3 is 9.52 Å². The molecule has 4 aromatic carbocycles. The van der Waals surface area contributed by atoms with Crippen LogP contribution in [0.2, 0.25) is 0 Å². The van der Waals surface area contributed by atoms with Crippen molar-refractivity contribution >= 4 is 49.3 Å². The molecule has 0 unspecified atom stereocenters. The van der Waals surface area contributed by atoms with Gasteiger partial charge in [0.2, 0.25) is 0 Å². The fourth-order valence-corrected chi connectivity index (χ4v) is 7.11. The fourth-order valence-electron chi connectivity index (χ4n) is 7.11. The van der Waals surface area contributed by atoms with E-state index in [2.05, 4.69) is 115 Å². The third kappa shape index (κ3) is 6.41. The van der Waals surface area contributed by atoms with Crippen molar-refractivity contribution in [2.24, 2.45) is 0 Å². The molecule has 1 aliphatic rings. The van der Waals surface area contributed by atoms with Crippen LogP contribution in [0.3, 0.4) is 0 Å². The Kier molecular flexibility index (Phi) is 9.07. The number of pyridine rings is 1. The number of nitrogens with zero attached hydrogens (tertiary/aromatic N) is 1. The second-order valence-corrected chi connectivity index (χ2v) is 15.3. The van der Waals surface area contributed by atoms with Crippen molar-refractivity contribution in [1.29, 1.82) is 0 Å². The second kappa shape index (κ2) is 12.3. The molecule has 0 saturated carbocycles. The van der Waals surface area contributed by atoms with Crippen molar-refractivity contribution in [3.05, 3.63) is 101 Å². The molecule has 0 amide bonds. The van der Waals surface area contributed by atoms with Crippen LogP contribution >= 0.6 is 0 Å². The number of aliphatic hydroxyl groups excluding tert-OH is 1. The van der Waals surface area contributed by atoms with Crippen LogP contribution in [0.5, 0.6) is 0 Å². The molecule has 0 bridgehead atoms. The first-order chi connectivity index (χ1) is 21.6. The van der Waals surface area contributed by atoms with Gasteiger partial charge in [0, 0.05) is 54.4 Å². The first kappa shape index (κ1) is 34.5. The Labute approximate surface area is 291 Å². The molecule has 7 rings (SSSR count). The molecule has 0 atom stereocenters. The number of allylic oxidation sites excluding steroid dienone is 2. The summed E-state index contributed by atoms with van der Waals surface area (Å²) in [5.74, 6) is -0.0625. The zero-order valence-electron chi connectivity index (χ0n) is 28.9. The van der Waals surface area contributed by atoms with E-state index in [1.165, 1.54) is 53.8 Å². The Balaban J connectivity index is 0.000000491. The van der Waals surface area contributed by atoms with E-state index >= 15 is 0 Å². The van der Waals surface area contributed by atoms with Gasteiger partial charge in [0.05, 0.1) is 5.76 Å². The monoisotopic (exact) mass is 803 g/mol. The minimum Gasteiger partial charge on any atom is -0.512 e. The Bertz CT molecular complexity index is 2190. The molecule has 4 nitrogen and oxygen atoms in total. The van der Waals surface area contributed by atoms with E-state index in [1.807, 2.05) is 6.20 Å². The average Bonchev–Trinajstić information content (AvgIpc) is 3.33. The minimum absolute atomic E-state index is 0. The Morgan fingerprint density at radius 2 is 1.60 bits per heavy atom. The molecular formula is C42H44IrNO3-. The Hall–Kier alpha value is -3.79. The van der Waals surface area contributed by atoms with Crippen molar-refractivity contribution in [2.75, 3.05) is 0 Å². The van der Waals surface area contributed by atoms with Gasteiger partial charge in [-0.2, -0.15) is 0 Å². The maximum atomic E-state index is 10.0. The molecule has 245 valence electrons. The van der Waals surface area contributed by atoms with Crippen LogP contribution in [0.4, 0.5) is 0 Å². The summed E-state index contributed by atoms with van der Waals surface area (Å²) in [7, 11) is 0. The molecule has 0 aliphatic heterocycles. The molecular weight excluding hydrogens is 759 g/mol. The predicted molar refractivity (Wildman–Crippen MR) is 192 cm³/mol. The van der Waals surface area contributed by atoms with Crippen LogP contribution in [0, 0.1) is 6.07 Å². The summed E-state index contributed by atoms with van der Waals surface area (Å²) < 4.78 is 6.73. The number of benzene rings is 4. The van der Waals surface area contributed by atoms with Gasteiger partial charge in [-0.25, -0.2) is 0 Å². The summed E-state index contributed by atoms with van der Waals surface area (Å²) in [4.78, 5) is 14.9. The summed E-state index contributed by atoms with van der Waals surface area (Å²) in [6, 6.07) is 25.8. The van der Waals surface area contributed by atoms with Gasteiger partial charge in [0.1, 0.15) is 11.2 Å². The predicted octanol–water partition coefficient (Wildman–Crippen LogP) is 11.4. The SMILES string of the molecule is CC(=O)/C=C(/C)O.CC(C)(C)c1cc(-c2nccc3cc4oc5c6c(ccc5c4cc23)C(C)(C)CCC6(C)C)[c-]c2ccccc12.[Ir]. The topological polar surface area (TPSA) is 63.3 Å². The summed E-state index contributed by atoms with van der Waals surface area (Å²) in [5, 5.41) is 15.4. The number of furan rings is 1. The van der Waals surface area contributed by atoms with E-state index in [9.17, 15) is 4.79 Å². The van der Waals surface area contributed by atoms with Crippen molar-refractivity contribution in [3.63, 3.8) is 0 Å². The van der Waals surface area contributed by atoms with E-state index in [0.29, 0.717) is 0 Å². The van der Waals surface area contributed by atoms with Crippen LogP contribution in [0.25, 0.3) is 54.7 Å². The molecule has 1 aliphatic carbocycles. The van der Waals surface area contributed by atoms with Crippen LogP contribution in [-0.2, 0) is 41.1 Å². The quantitative estimate of drug-likeness (QED) is 0.108. The van der Waals surface area contributed by atoms with Crippen molar-refractivity contribution in [3.8, 4) is 11.3 Å². The van der Waals surface area contributed by atoms with Gasteiger partial charge in [-0.1, -0.05) is 89.7 Å². The number of fused-ring (bicyclic) bond motifs is 7. The van der Waals surface area contributed by atoms with Crippen LogP contribution in [0.15, 0.2) is 83.1 Å². The summed E-state index contributed by atoms with van der Waals surface area (Å²) >= 11 is 0. The zero-order chi connectivity index (χ0) is 33.2. The molecule has 0 fully saturated rings. The first-order valence-corrected chi connectivity index (χ1v) is 16.2. The van der Waals surface area contributed by atoms with Gasteiger partial charge in [-0.3, -0.25) is 9.78 Å². The molecule has 5 heteroatoms. The number of aliphatic hydroxyl groups is 1. The zero-order valence-corrected chi connectivity index (χ0v) is 31.3.